The smallest absolute Gasteiger partial charge is 0.237 e. The van der Waals surface area contributed by atoms with Crippen LogP contribution in [-0.2, 0) is 9.59 Å². The van der Waals surface area contributed by atoms with Crippen LogP contribution in [0, 0.1) is 0 Å². The first kappa shape index (κ1) is 19.9. The summed E-state index contributed by atoms with van der Waals surface area (Å²) in [7, 11) is 2.07. The van der Waals surface area contributed by atoms with Crippen molar-refractivity contribution in [2.24, 2.45) is 0 Å². The predicted octanol–water partition coefficient (Wildman–Crippen LogP) is 1.09. The van der Waals surface area contributed by atoms with Crippen molar-refractivity contribution >= 4 is 11.8 Å². The van der Waals surface area contributed by atoms with Gasteiger partial charge in [-0.2, -0.15) is 0 Å². The second-order valence-corrected chi connectivity index (χ2v) is 7.33. The van der Waals surface area contributed by atoms with Gasteiger partial charge in [0.25, 0.3) is 0 Å². The minimum Gasteiger partial charge on any atom is -0.351 e. The molecule has 142 valence electrons. The highest BCUT2D eigenvalue weighted by Gasteiger charge is 2.27. The van der Waals surface area contributed by atoms with Gasteiger partial charge in [-0.25, -0.2) is 0 Å². The van der Waals surface area contributed by atoms with E-state index in [9.17, 15) is 9.59 Å². The molecule has 6 heteroatoms. The SMILES string of the molecule is C=CCNC(=O)C(C)N1CCCN(C(=O)CN(C)C2CCCC2)CC1. The molecule has 2 fully saturated rings. The number of hydrogen-bond acceptors (Lipinski definition) is 4. The standard InChI is InChI=1S/C19H34N4O2/c1-4-10-20-19(25)16(2)22-11-7-12-23(14-13-22)18(24)15-21(3)17-8-5-6-9-17/h4,16-17H,1,5-15H2,2-3H3,(H,20,25). The molecule has 0 spiro atoms. The molecule has 1 saturated carbocycles. The molecule has 2 aliphatic rings. The van der Waals surface area contributed by atoms with E-state index in [-0.39, 0.29) is 17.9 Å². The lowest BCUT2D eigenvalue weighted by atomic mass is 10.2. The number of carbonyl (C=O) groups excluding carboxylic acids is 2. The summed E-state index contributed by atoms with van der Waals surface area (Å²) >= 11 is 0. The second-order valence-electron chi connectivity index (χ2n) is 7.33. The molecule has 1 heterocycles. The summed E-state index contributed by atoms with van der Waals surface area (Å²) < 4.78 is 0. The third-order valence-corrected chi connectivity index (χ3v) is 5.56. The Kier molecular flexibility index (Phi) is 7.90. The van der Waals surface area contributed by atoms with Crippen molar-refractivity contribution in [1.29, 1.82) is 0 Å². The van der Waals surface area contributed by atoms with Crippen molar-refractivity contribution < 1.29 is 9.59 Å². The molecule has 2 amide bonds. The van der Waals surface area contributed by atoms with Gasteiger partial charge in [0, 0.05) is 38.8 Å². The Morgan fingerprint density at radius 1 is 1.20 bits per heavy atom. The summed E-state index contributed by atoms with van der Waals surface area (Å²) in [6.07, 6.45) is 7.61. The van der Waals surface area contributed by atoms with Gasteiger partial charge in [0.15, 0.2) is 0 Å². The van der Waals surface area contributed by atoms with Crippen molar-refractivity contribution in [3.8, 4) is 0 Å². The summed E-state index contributed by atoms with van der Waals surface area (Å²) in [5.74, 6) is 0.251. The van der Waals surface area contributed by atoms with Gasteiger partial charge in [0.1, 0.15) is 0 Å². The first-order chi connectivity index (χ1) is 12.0. The van der Waals surface area contributed by atoms with Gasteiger partial charge >= 0.3 is 0 Å². The number of nitrogens with one attached hydrogen (secondary N) is 1. The summed E-state index contributed by atoms with van der Waals surface area (Å²) in [4.78, 5) is 31.1. The second kappa shape index (κ2) is 9.92. The zero-order valence-corrected chi connectivity index (χ0v) is 15.9. The fourth-order valence-corrected chi connectivity index (χ4v) is 3.85. The molecular formula is C19H34N4O2. The lowest BCUT2D eigenvalue weighted by Gasteiger charge is -2.28. The molecule has 1 aliphatic heterocycles. The summed E-state index contributed by atoms with van der Waals surface area (Å²) in [6.45, 7) is 9.66. The average molecular weight is 351 g/mol. The van der Waals surface area contributed by atoms with Crippen LogP contribution in [0.4, 0.5) is 0 Å². The molecular weight excluding hydrogens is 316 g/mol. The van der Waals surface area contributed by atoms with Gasteiger partial charge in [-0.3, -0.25) is 19.4 Å². The Bertz CT molecular complexity index is 462. The van der Waals surface area contributed by atoms with Gasteiger partial charge in [-0.15, -0.1) is 6.58 Å². The Balaban J connectivity index is 1.80. The molecule has 1 aliphatic carbocycles. The minimum absolute atomic E-state index is 0.0284. The zero-order chi connectivity index (χ0) is 18.2. The van der Waals surface area contributed by atoms with E-state index in [0.29, 0.717) is 25.7 Å². The van der Waals surface area contributed by atoms with Crippen LogP contribution in [-0.4, -0.2) is 84.9 Å². The van der Waals surface area contributed by atoms with Crippen LogP contribution in [0.15, 0.2) is 12.7 Å². The van der Waals surface area contributed by atoms with Gasteiger partial charge < -0.3 is 10.2 Å². The largest absolute Gasteiger partial charge is 0.351 e. The summed E-state index contributed by atoms with van der Waals surface area (Å²) in [6, 6.07) is 0.400. The molecule has 0 aromatic carbocycles. The molecule has 0 bridgehead atoms. The molecule has 1 saturated heterocycles. The topological polar surface area (TPSA) is 55.9 Å². The average Bonchev–Trinajstić information content (AvgIpc) is 3.03. The van der Waals surface area contributed by atoms with E-state index in [1.165, 1.54) is 25.7 Å². The van der Waals surface area contributed by atoms with E-state index in [1.54, 1.807) is 6.08 Å². The Morgan fingerprint density at radius 2 is 1.92 bits per heavy atom. The van der Waals surface area contributed by atoms with E-state index in [2.05, 4.69) is 28.7 Å². The molecule has 0 radical (unpaired) electrons. The molecule has 0 aromatic heterocycles. The van der Waals surface area contributed by atoms with Crippen LogP contribution in [0.25, 0.3) is 0 Å². The van der Waals surface area contributed by atoms with E-state index < -0.39 is 0 Å². The fraction of sp³-hybridized carbons (Fsp3) is 0.789. The van der Waals surface area contributed by atoms with E-state index in [1.807, 2.05) is 11.8 Å². The van der Waals surface area contributed by atoms with Crippen molar-refractivity contribution in [3.63, 3.8) is 0 Å². The van der Waals surface area contributed by atoms with Crippen molar-refractivity contribution in [2.45, 2.75) is 51.1 Å². The molecule has 25 heavy (non-hydrogen) atoms. The third-order valence-electron chi connectivity index (χ3n) is 5.56. The van der Waals surface area contributed by atoms with Crippen LogP contribution >= 0.6 is 0 Å². The van der Waals surface area contributed by atoms with Crippen LogP contribution in [0.5, 0.6) is 0 Å². The van der Waals surface area contributed by atoms with E-state index >= 15 is 0 Å². The van der Waals surface area contributed by atoms with Gasteiger partial charge in [0.2, 0.25) is 11.8 Å². The predicted molar refractivity (Wildman–Crippen MR) is 100 cm³/mol. The van der Waals surface area contributed by atoms with Crippen molar-refractivity contribution in [3.05, 3.63) is 12.7 Å². The first-order valence-electron chi connectivity index (χ1n) is 9.63. The van der Waals surface area contributed by atoms with Gasteiger partial charge in [0.05, 0.1) is 12.6 Å². The highest BCUT2D eigenvalue weighted by Crippen LogP contribution is 2.22. The maximum Gasteiger partial charge on any atom is 0.237 e. The number of rotatable bonds is 7. The van der Waals surface area contributed by atoms with Crippen LogP contribution < -0.4 is 5.32 Å². The number of nitrogens with zero attached hydrogens (tertiary/aromatic N) is 3. The number of amides is 2. The van der Waals surface area contributed by atoms with Crippen molar-refractivity contribution in [1.82, 2.24) is 20.0 Å². The molecule has 1 N–H and O–H groups in total. The number of hydrogen-bond donors (Lipinski definition) is 1. The maximum absolute atomic E-state index is 12.6. The number of likely N-dealkylation sites (N-methyl/N-ethyl adjacent to an activating group) is 1. The lowest BCUT2D eigenvalue weighted by Crippen LogP contribution is -2.47. The normalized spacial score (nSPS) is 21.2. The fourth-order valence-electron chi connectivity index (χ4n) is 3.85. The van der Waals surface area contributed by atoms with E-state index in [0.717, 1.165) is 26.1 Å². The van der Waals surface area contributed by atoms with Gasteiger partial charge in [-0.05, 0) is 33.2 Å². The maximum atomic E-state index is 12.6. The molecule has 1 unspecified atom stereocenters. The first-order valence-corrected chi connectivity index (χ1v) is 9.63. The molecule has 0 aromatic rings. The quantitative estimate of drug-likeness (QED) is 0.698. The molecule has 2 rings (SSSR count). The van der Waals surface area contributed by atoms with Crippen molar-refractivity contribution in [2.75, 3.05) is 46.3 Å². The summed E-state index contributed by atoms with van der Waals surface area (Å²) in [5.41, 5.74) is 0. The monoisotopic (exact) mass is 350 g/mol. The lowest BCUT2D eigenvalue weighted by molar-refractivity contribution is -0.132. The number of carbonyl (C=O) groups is 2. The Labute approximate surface area is 152 Å². The molecule has 6 nitrogen and oxygen atoms in total. The Hall–Kier alpha value is -1.40. The molecule has 1 atom stereocenters. The van der Waals surface area contributed by atoms with Crippen LogP contribution in [0.2, 0.25) is 0 Å². The Morgan fingerprint density at radius 3 is 2.60 bits per heavy atom. The highest BCUT2D eigenvalue weighted by atomic mass is 16.2. The highest BCUT2D eigenvalue weighted by molar-refractivity contribution is 5.81. The van der Waals surface area contributed by atoms with Gasteiger partial charge in [-0.1, -0.05) is 18.9 Å². The van der Waals surface area contributed by atoms with E-state index in [4.69, 9.17) is 0 Å². The van der Waals surface area contributed by atoms with Crippen LogP contribution in [0.1, 0.15) is 39.0 Å². The minimum atomic E-state index is -0.170. The zero-order valence-electron chi connectivity index (χ0n) is 15.9. The van der Waals surface area contributed by atoms with Crippen LogP contribution in [0.3, 0.4) is 0 Å². The summed E-state index contributed by atoms with van der Waals surface area (Å²) in [5, 5.41) is 2.86. The third kappa shape index (κ3) is 5.82.